The molecule has 11 nitrogen and oxygen atoms in total. The topological polar surface area (TPSA) is 172 Å². The van der Waals surface area contributed by atoms with Gasteiger partial charge in [-0.1, -0.05) is 12.1 Å². The van der Waals surface area contributed by atoms with Crippen molar-refractivity contribution in [2.24, 2.45) is 0 Å². The predicted octanol–water partition coefficient (Wildman–Crippen LogP) is 0.494. The maximum atomic E-state index is 14.6. The van der Waals surface area contributed by atoms with Crippen molar-refractivity contribution in [1.29, 1.82) is 0 Å². The van der Waals surface area contributed by atoms with Gasteiger partial charge in [0.25, 0.3) is 11.8 Å². The molecule has 0 spiro atoms. The van der Waals surface area contributed by atoms with E-state index in [1.807, 2.05) is 0 Å². The lowest BCUT2D eigenvalue weighted by Gasteiger charge is -2.21. The van der Waals surface area contributed by atoms with E-state index in [4.69, 9.17) is 10.5 Å². The van der Waals surface area contributed by atoms with Crippen LogP contribution in [0.3, 0.4) is 0 Å². The van der Waals surface area contributed by atoms with E-state index in [1.54, 1.807) is 0 Å². The minimum absolute atomic E-state index is 0.0185. The number of aliphatic hydroxyl groups excluding tert-OH is 1. The van der Waals surface area contributed by atoms with Crippen LogP contribution in [-0.2, 0) is 0 Å². The number of aromatic hydroxyl groups is 1. The summed E-state index contributed by atoms with van der Waals surface area (Å²) in [6.45, 7) is 0.881. The Bertz CT molecular complexity index is 1270. The molecule has 1 aliphatic rings. The van der Waals surface area contributed by atoms with Gasteiger partial charge in [-0.3, -0.25) is 9.59 Å². The standard InChI is InChI=1S/C24H25FN6O5/c1-36-18-7-6-17(32)19(20(18)25)21(33)12-2-4-13(5-3-12)22(34)29-15-10-27-11-16(15)30-23(35)14-8-9-28-24(26)31-14/h2-9,15-16,21,27,32-33H,10-11H2,1H3,(H,29,34)(H,30,35)(H2,26,28,31)/t15-,16-,21?/m1/s1. The number of carbonyl (C=O) groups excluding carboxylic acids is 2. The number of nitrogens with one attached hydrogen (secondary N) is 3. The van der Waals surface area contributed by atoms with E-state index in [2.05, 4.69) is 25.9 Å². The number of anilines is 1. The van der Waals surface area contributed by atoms with Crippen molar-refractivity contribution in [3.8, 4) is 11.5 Å². The summed E-state index contributed by atoms with van der Waals surface area (Å²) >= 11 is 0. The second-order valence-corrected chi connectivity index (χ2v) is 8.16. The molecule has 0 bridgehead atoms. The number of aromatic nitrogens is 2. The number of methoxy groups -OCH3 is 1. The summed E-state index contributed by atoms with van der Waals surface area (Å²) in [5.41, 5.74) is 5.88. The zero-order valence-corrected chi connectivity index (χ0v) is 19.2. The number of nitrogen functional groups attached to an aromatic ring is 1. The molecular weight excluding hydrogens is 471 g/mol. The highest BCUT2D eigenvalue weighted by atomic mass is 19.1. The molecule has 0 radical (unpaired) electrons. The first-order chi connectivity index (χ1) is 17.3. The van der Waals surface area contributed by atoms with Crippen LogP contribution >= 0.6 is 0 Å². The number of phenols is 1. The van der Waals surface area contributed by atoms with Gasteiger partial charge in [0.05, 0.1) is 24.8 Å². The number of hydrogen-bond donors (Lipinski definition) is 6. The molecule has 2 aromatic carbocycles. The van der Waals surface area contributed by atoms with Crippen molar-refractivity contribution < 1.29 is 28.9 Å². The van der Waals surface area contributed by atoms with E-state index in [0.717, 1.165) is 0 Å². The molecule has 0 saturated carbocycles. The second-order valence-electron chi connectivity index (χ2n) is 8.16. The van der Waals surface area contributed by atoms with Gasteiger partial charge in [-0.05, 0) is 35.9 Å². The molecule has 3 aromatic rings. The summed E-state index contributed by atoms with van der Waals surface area (Å²) in [5, 5.41) is 29.5. The summed E-state index contributed by atoms with van der Waals surface area (Å²) in [6, 6.07) is 9.01. The van der Waals surface area contributed by atoms with E-state index >= 15 is 0 Å². The normalized spacial score (nSPS) is 17.9. The van der Waals surface area contributed by atoms with Gasteiger partial charge in [-0.15, -0.1) is 0 Å². The number of carbonyl (C=O) groups is 2. The fourth-order valence-electron chi connectivity index (χ4n) is 3.94. The lowest BCUT2D eigenvalue weighted by Crippen LogP contribution is -2.51. The Labute approximate surface area is 205 Å². The van der Waals surface area contributed by atoms with Gasteiger partial charge in [-0.2, -0.15) is 0 Å². The van der Waals surface area contributed by atoms with E-state index in [9.17, 15) is 24.2 Å². The maximum Gasteiger partial charge on any atom is 0.270 e. The first-order valence-electron chi connectivity index (χ1n) is 11.0. The second kappa shape index (κ2) is 10.5. The molecule has 12 heteroatoms. The first-order valence-corrected chi connectivity index (χ1v) is 11.0. The van der Waals surface area contributed by atoms with Crippen LogP contribution in [0.1, 0.15) is 38.1 Å². The number of rotatable bonds is 7. The molecule has 1 aromatic heterocycles. The molecule has 3 atom stereocenters. The molecule has 2 amide bonds. The Balaban J connectivity index is 1.42. The molecule has 7 N–H and O–H groups in total. The molecular formula is C24H25FN6O5. The van der Waals surface area contributed by atoms with Crippen molar-refractivity contribution in [2.75, 3.05) is 25.9 Å². The highest BCUT2D eigenvalue weighted by Crippen LogP contribution is 2.35. The van der Waals surface area contributed by atoms with Crippen molar-refractivity contribution in [3.05, 3.63) is 76.9 Å². The quantitative estimate of drug-likeness (QED) is 0.272. The van der Waals surface area contributed by atoms with E-state index in [0.29, 0.717) is 18.7 Å². The van der Waals surface area contributed by atoms with Crippen molar-refractivity contribution >= 4 is 17.8 Å². The molecule has 1 unspecified atom stereocenters. The SMILES string of the molecule is COc1ccc(O)c(C(O)c2ccc(C(=O)N[C@@H]3CNC[C@H]3NC(=O)c3ccnc(N)n3)cc2)c1F. The van der Waals surface area contributed by atoms with Crippen LogP contribution in [0.2, 0.25) is 0 Å². The molecule has 1 aliphatic heterocycles. The number of phenolic OH excluding ortho intramolecular Hbond substituents is 1. The molecule has 4 rings (SSSR count). The molecule has 36 heavy (non-hydrogen) atoms. The predicted molar refractivity (Wildman–Crippen MR) is 127 cm³/mol. The first kappa shape index (κ1) is 24.8. The number of amides is 2. The molecule has 1 fully saturated rings. The van der Waals surface area contributed by atoms with Gasteiger partial charge >= 0.3 is 0 Å². The lowest BCUT2D eigenvalue weighted by atomic mass is 9.98. The largest absolute Gasteiger partial charge is 0.507 e. The Morgan fingerprint density at radius 2 is 1.78 bits per heavy atom. The Hall–Kier alpha value is -4.29. The van der Waals surface area contributed by atoms with Crippen LogP contribution in [0.4, 0.5) is 10.3 Å². The van der Waals surface area contributed by atoms with Crippen LogP contribution in [-0.4, -0.2) is 64.3 Å². The van der Waals surface area contributed by atoms with Crippen LogP contribution in [0.5, 0.6) is 11.5 Å². The van der Waals surface area contributed by atoms with Crippen LogP contribution in [0.15, 0.2) is 48.7 Å². The average molecular weight is 496 g/mol. The monoisotopic (exact) mass is 496 g/mol. The number of benzene rings is 2. The molecule has 188 valence electrons. The number of ether oxygens (including phenoxy) is 1. The Kier molecular flexibility index (Phi) is 7.27. The Morgan fingerprint density at radius 3 is 2.42 bits per heavy atom. The van der Waals surface area contributed by atoms with Crippen molar-refractivity contribution in [1.82, 2.24) is 25.9 Å². The Morgan fingerprint density at radius 1 is 1.11 bits per heavy atom. The van der Waals surface area contributed by atoms with Gasteiger partial charge in [-0.25, -0.2) is 14.4 Å². The van der Waals surface area contributed by atoms with Gasteiger partial charge < -0.3 is 36.6 Å². The summed E-state index contributed by atoms with van der Waals surface area (Å²) in [7, 11) is 1.28. The van der Waals surface area contributed by atoms with Crippen LogP contribution < -0.4 is 26.4 Å². The molecule has 0 aliphatic carbocycles. The highest BCUT2D eigenvalue weighted by Gasteiger charge is 2.30. The number of halogens is 1. The highest BCUT2D eigenvalue weighted by molar-refractivity contribution is 5.95. The summed E-state index contributed by atoms with van der Waals surface area (Å²) < 4.78 is 19.5. The average Bonchev–Trinajstić information content (AvgIpc) is 3.30. The molecule has 1 saturated heterocycles. The summed E-state index contributed by atoms with van der Waals surface area (Å²) in [5.74, 6) is -2.27. The smallest absolute Gasteiger partial charge is 0.270 e. The van der Waals surface area contributed by atoms with Gasteiger partial charge in [0, 0.05) is 24.8 Å². The fraction of sp³-hybridized carbons (Fsp3) is 0.250. The number of nitrogens with zero attached hydrogens (tertiary/aromatic N) is 2. The fourth-order valence-corrected chi connectivity index (χ4v) is 3.94. The van der Waals surface area contributed by atoms with E-state index in [-0.39, 0.29) is 28.5 Å². The van der Waals surface area contributed by atoms with E-state index in [1.165, 1.54) is 55.8 Å². The zero-order chi connectivity index (χ0) is 25.8. The minimum atomic E-state index is -1.48. The number of hydrogen-bond acceptors (Lipinski definition) is 9. The third-order valence-electron chi connectivity index (χ3n) is 5.86. The van der Waals surface area contributed by atoms with Crippen LogP contribution in [0, 0.1) is 5.82 Å². The maximum absolute atomic E-state index is 14.6. The van der Waals surface area contributed by atoms with Gasteiger partial charge in [0.2, 0.25) is 5.95 Å². The third kappa shape index (κ3) is 5.19. The van der Waals surface area contributed by atoms with Gasteiger partial charge in [0.1, 0.15) is 17.5 Å². The van der Waals surface area contributed by atoms with Crippen molar-refractivity contribution in [3.63, 3.8) is 0 Å². The van der Waals surface area contributed by atoms with E-state index < -0.39 is 41.6 Å². The summed E-state index contributed by atoms with van der Waals surface area (Å²) in [6.07, 6.45) is -0.0970. The lowest BCUT2D eigenvalue weighted by molar-refractivity contribution is 0.0894. The van der Waals surface area contributed by atoms with Gasteiger partial charge in [0.15, 0.2) is 11.6 Å². The van der Waals surface area contributed by atoms with Crippen LogP contribution in [0.25, 0.3) is 0 Å². The third-order valence-corrected chi connectivity index (χ3v) is 5.86. The number of aliphatic hydroxyl groups is 1. The molecule has 2 heterocycles. The minimum Gasteiger partial charge on any atom is -0.507 e. The summed E-state index contributed by atoms with van der Waals surface area (Å²) in [4.78, 5) is 33.0. The van der Waals surface area contributed by atoms with Crippen molar-refractivity contribution in [2.45, 2.75) is 18.2 Å². The zero-order valence-electron chi connectivity index (χ0n) is 19.2. The number of nitrogens with two attached hydrogens (primary N) is 1.